The van der Waals surface area contributed by atoms with E-state index in [0.717, 1.165) is 39.6 Å². The number of anilines is 1. The number of thiazole rings is 1. The number of hydrazone groups is 1. The van der Waals surface area contributed by atoms with Crippen molar-refractivity contribution in [3.8, 4) is 22.8 Å². The Morgan fingerprint density at radius 3 is 2.32 bits per heavy atom. The van der Waals surface area contributed by atoms with E-state index in [1.54, 1.807) is 25.6 Å². The van der Waals surface area contributed by atoms with E-state index in [0.29, 0.717) is 16.5 Å². The zero-order valence-corrected chi connectivity index (χ0v) is 20.7. The molecule has 0 saturated carbocycles. The van der Waals surface area contributed by atoms with E-state index in [1.165, 1.54) is 5.56 Å². The van der Waals surface area contributed by atoms with E-state index in [9.17, 15) is 0 Å². The lowest BCUT2D eigenvalue weighted by Gasteiger charge is -2.22. The van der Waals surface area contributed by atoms with Crippen LogP contribution in [0.15, 0.2) is 77.2 Å². The van der Waals surface area contributed by atoms with Gasteiger partial charge in [0.2, 0.25) is 5.13 Å². The molecule has 172 valence electrons. The highest BCUT2D eigenvalue weighted by molar-refractivity contribution is 7.14. The monoisotopic (exact) mass is 489 g/mol. The lowest BCUT2D eigenvalue weighted by Crippen LogP contribution is -2.18. The Labute approximate surface area is 208 Å². The van der Waals surface area contributed by atoms with Gasteiger partial charge in [-0.1, -0.05) is 59.6 Å². The van der Waals surface area contributed by atoms with Crippen LogP contribution in [-0.2, 0) is 0 Å². The molecular weight excluding hydrogens is 466 g/mol. The maximum Gasteiger partial charge on any atom is 0.207 e. The predicted molar refractivity (Wildman–Crippen MR) is 140 cm³/mol. The van der Waals surface area contributed by atoms with Gasteiger partial charge in [0.15, 0.2) is 11.5 Å². The minimum absolute atomic E-state index is 0.0255. The first-order valence-electron chi connectivity index (χ1n) is 10.9. The van der Waals surface area contributed by atoms with Crippen molar-refractivity contribution < 1.29 is 9.47 Å². The zero-order valence-electron chi connectivity index (χ0n) is 19.2. The molecule has 1 aromatic heterocycles. The number of nitrogens with zero attached hydrogens (tertiary/aromatic N) is 3. The minimum Gasteiger partial charge on any atom is -0.493 e. The summed E-state index contributed by atoms with van der Waals surface area (Å²) in [6.07, 6.45) is 0.733. The van der Waals surface area contributed by atoms with E-state index < -0.39 is 0 Å². The van der Waals surface area contributed by atoms with Crippen molar-refractivity contribution in [3.63, 3.8) is 0 Å². The summed E-state index contributed by atoms with van der Waals surface area (Å²) < 4.78 is 11.0. The molecule has 4 aromatic rings. The van der Waals surface area contributed by atoms with Gasteiger partial charge >= 0.3 is 0 Å². The number of aryl methyl sites for hydroxylation is 1. The fraction of sp³-hybridized carbons (Fsp3) is 0.185. The van der Waals surface area contributed by atoms with E-state index in [-0.39, 0.29) is 6.04 Å². The summed E-state index contributed by atoms with van der Waals surface area (Å²) >= 11 is 7.71. The summed E-state index contributed by atoms with van der Waals surface area (Å²) in [4.78, 5) is 4.95. The maximum absolute atomic E-state index is 6.12. The van der Waals surface area contributed by atoms with Crippen molar-refractivity contribution in [2.45, 2.75) is 19.4 Å². The molecule has 0 aliphatic carbocycles. The van der Waals surface area contributed by atoms with Gasteiger partial charge in [-0.2, -0.15) is 5.10 Å². The Hall–Kier alpha value is -3.35. The fourth-order valence-corrected chi connectivity index (χ4v) is 5.01. The molecule has 5 nitrogen and oxygen atoms in total. The first-order valence-corrected chi connectivity index (χ1v) is 12.2. The average molecular weight is 490 g/mol. The minimum atomic E-state index is -0.0255. The van der Waals surface area contributed by atoms with Gasteiger partial charge in [0.1, 0.15) is 0 Å². The Morgan fingerprint density at radius 2 is 1.62 bits per heavy atom. The van der Waals surface area contributed by atoms with Crippen LogP contribution in [0.1, 0.15) is 29.2 Å². The number of halogens is 1. The van der Waals surface area contributed by atoms with Crippen LogP contribution in [0.5, 0.6) is 11.5 Å². The normalized spacial score (nSPS) is 15.4. The van der Waals surface area contributed by atoms with Crippen molar-refractivity contribution in [1.82, 2.24) is 4.98 Å². The third-order valence-corrected chi connectivity index (χ3v) is 7.00. The zero-order chi connectivity index (χ0) is 23.7. The van der Waals surface area contributed by atoms with Crippen molar-refractivity contribution in [2.75, 3.05) is 19.2 Å². The van der Waals surface area contributed by atoms with Gasteiger partial charge < -0.3 is 9.47 Å². The van der Waals surface area contributed by atoms with Gasteiger partial charge in [0.05, 0.1) is 31.7 Å². The molecule has 5 rings (SSSR count). The SMILES string of the molecule is COc1ccc([C@H]2CC(c3ccc(Cl)cc3)=NN2c2nc(-c3ccc(C)cc3)cs2)cc1OC. The molecule has 34 heavy (non-hydrogen) atoms. The average Bonchev–Trinajstić information content (AvgIpc) is 3.52. The molecule has 0 saturated heterocycles. The lowest BCUT2D eigenvalue weighted by molar-refractivity contribution is 0.354. The van der Waals surface area contributed by atoms with Crippen LogP contribution >= 0.6 is 22.9 Å². The fourth-order valence-electron chi connectivity index (χ4n) is 4.05. The molecular formula is C27H24ClN3O2S. The van der Waals surface area contributed by atoms with E-state index in [4.69, 9.17) is 31.2 Å². The first kappa shape index (κ1) is 22.4. The molecule has 7 heteroatoms. The standard InChI is InChI=1S/C27H24ClN3O2S/c1-17-4-6-19(7-5-17)23-16-34-27(29-23)31-24(20-10-13-25(32-2)26(14-20)33-3)15-22(30-31)18-8-11-21(28)12-9-18/h4-14,16,24H,15H2,1-3H3/t24-/m1/s1. The molecule has 1 aliphatic heterocycles. The molecule has 3 aromatic carbocycles. The van der Waals surface area contributed by atoms with Crippen molar-refractivity contribution in [2.24, 2.45) is 5.10 Å². The van der Waals surface area contributed by atoms with E-state index >= 15 is 0 Å². The number of hydrogen-bond acceptors (Lipinski definition) is 6. The Balaban J connectivity index is 1.54. The molecule has 1 atom stereocenters. The predicted octanol–water partition coefficient (Wildman–Crippen LogP) is 7.14. The van der Waals surface area contributed by atoms with Crippen LogP contribution in [-0.4, -0.2) is 24.9 Å². The van der Waals surface area contributed by atoms with Gasteiger partial charge in [-0.05, 0) is 42.3 Å². The van der Waals surface area contributed by atoms with Gasteiger partial charge in [0, 0.05) is 22.4 Å². The summed E-state index contributed by atoms with van der Waals surface area (Å²) in [5, 5.41) is 10.7. The number of ether oxygens (including phenoxy) is 2. The molecule has 1 aliphatic rings. The molecule has 0 bridgehead atoms. The van der Waals surface area contributed by atoms with Crippen LogP contribution in [0.4, 0.5) is 5.13 Å². The summed E-state index contributed by atoms with van der Waals surface area (Å²) in [6, 6.07) is 22.2. The quantitative estimate of drug-likeness (QED) is 0.288. The second-order valence-corrected chi connectivity index (χ2v) is 9.39. The summed E-state index contributed by atoms with van der Waals surface area (Å²) in [7, 11) is 3.29. The highest BCUT2D eigenvalue weighted by Crippen LogP contribution is 2.41. The van der Waals surface area contributed by atoms with Gasteiger partial charge in [0.25, 0.3) is 0 Å². The first-order chi connectivity index (χ1) is 16.6. The topological polar surface area (TPSA) is 47.0 Å². The molecule has 0 fully saturated rings. The highest BCUT2D eigenvalue weighted by atomic mass is 35.5. The third-order valence-electron chi connectivity index (χ3n) is 5.92. The van der Waals surface area contributed by atoms with Crippen LogP contribution in [0, 0.1) is 6.92 Å². The van der Waals surface area contributed by atoms with E-state index in [1.807, 2.05) is 41.4 Å². The molecule has 0 spiro atoms. The second kappa shape index (κ2) is 9.49. The molecule has 0 N–H and O–H groups in total. The smallest absolute Gasteiger partial charge is 0.207 e. The molecule has 0 amide bonds. The molecule has 0 unspecified atom stereocenters. The van der Waals surface area contributed by atoms with Gasteiger partial charge in [-0.15, -0.1) is 11.3 Å². The van der Waals surface area contributed by atoms with Gasteiger partial charge in [-0.3, -0.25) is 0 Å². The lowest BCUT2D eigenvalue weighted by atomic mass is 9.98. The Bertz CT molecular complexity index is 1330. The van der Waals surface area contributed by atoms with Crippen LogP contribution in [0.25, 0.3) is 11.3 Å². The summed E-state index contributed by atoms with van der Waals surface area (Å²) in [5.41, 5.74) is 6.39. The maximum atomic E-state index is 6.12. The van der Waals surface area contributed by atoms with Crippen LogP contribution < -0.4 is 14.5 Å². The number of hydrogen-bond donors (Lipinski definition) is 0. The summed E-state index contributed by atoms with van der Waals surface area (Å²) in [6.45, 7) is 2.08. The van der Waals surface area contributed by atoms with Crippen LogP contribution in [0.3, 0.4) is 0 Å². The number of methoxy groups -OCH3 is 2. The Morgan fingerprint density at radius 1 is 0.912 bits per heavy atom. The highest BCUT2D eigenvalue weighted by Gasteiger charge is 2.32. The van der Waals surface area contributed by atoms with E-state index in [2.05, 4.69) is 42.6 Å². The second-order valence-electron chi connectivity index (χ2n) is 8.11. The van der Waals surface area contributed by atoms with Crippen molar-refractivity contribution in [3.05, 3.63) is 93.8 Å². The van der Waals surface area contributed by atoms with Crippen molar-refractivity contribution in [1.29, 1.82) is 0 Å². The van der Waals surface area contributed by atoms with Gasteiger partial charge in [-0.25, -0.2) is 9.99 Å². The van der Waals surface area contributed by atoms with Crippen LogP contribution in [0.2, 0.25) is 5.02 Å². The molecule has 0 radical (unpaired) electrons. The van der Waals surface area contributed by atoms with Crippen molar-refractivity contribution >= 4 is 33.8 Å². The number of benzene rings is 3. The largest absolute Gasteiger partial charge is 0.493 e. The number of aromatic nitrogens is 1. The molecule has 2 heterocycles. The Kier molecular flexibility index (Phi) is 6.26. The third kappa shape index (κ3) is 4.39. The number of rotatable bonds is 6. The summed E-state index contributed by atoms with van der Waals surface area (Å²) in [5.74, 6) is 1.39.